The molecule has 0 aromatic rings. The molecule has 0 aliphatic rings. The fourth-order valence-electron chi connectivity index (χ4n) is 1.43. The molecule has 0 atom stereocenters. The van der Waals surface area contributed by atoms with Gasteiger partial charge >= 0.3 is 6.03 Å². The van der Waals surface area contributed by atoms with Crippen molar-refractivity contribution in [2.45, 2.75) is 45.4 Å². The van der Waals surface area contributed by atoms with Gasteiger partial charge in [-0.15, -0.1) is 0 Å². The van der Waals surface area contributed by atoms with Gasteiger partial charge in [0.15, 0.2) is 5.17 Å². The van der Waals surface area contributed by atoms with Crippen LogP contribution in [0.1, 0.15) is 45.4 Å². The first kappa shape index (κ1) is 17.3. The van der Waals surface area contributed by atoms with Crippen LogP contribution in [0.15, 0.2) is 4.99 Å². The SMILES string of the molecule is CCCCCCCCN=C(NC(=O)N(C)C)SC. The fraction of sp³-hybridized carbons (Fsp3) is 0.846. The zero-order valence-corrected chi connectivity index (χ0v) is 13.0. The van der Waals surface area contributed by atoms with Gasteiger partial charge in [-0.05, 0) is 12.7 Å². The van der Waals surface area contributed by atoms with Gasteiger partial charge in [-0.2, -0.15) is 0 Å². The van der Waals surface area contributed by atoms with E-state index in [0.29, 0.717) is 5.17 Å². The molecule has 2 amide bonds. The van der Waals surface area contributed by atoms with Gasteiger partial charge < -0.3 is 4.90 Å². The molecule has 0 rings (SSSR count). The number of urea groups is 1. The minimum atomic E-state index is -0.119. The molecule has 0 aliphatic carbocycles. The molecule has 0 spiro atoms. The van der Waals surface area contributed by atoms with E-state index in [2.05, 4.69) is 17.2 Å². The van der Waals surface area contributed by atoms with Gasteiger partial charge in [0.05, 0.1) is 0 Å². The number of rotatable bonds is 7. The summed E-state index contributed by atoms with van der Waals surface area (Å²) in [4.78, 5) is 17.4. The molecular weight excluding hydrogens is 246 g/mol. The first-order chi connectivity index (χ1) is 8.61. The lowest BCUT2D eigenvalue weighted by atomic mass is 10.1. The summed E-state index contributed by atoms with van der Waals surface area (Å²) in [6, 6.07) is -0.119. The number of aliphatic imine (C=N–C) groups is 1. The van der Waals surface area contributed by atoms with E-state index >= 15 is 0 Å². The van der Waals surface area contributed by atoms with Crippen LogP contribution in [0.4, 0.5) is 4.79 Å². The number of nitrogens with zero attached hydrogens (tertiary/aromatic N) is 2. The van der Waals surface area contributed by atoms with E-state index in [4.69, 9.17) is 0 Å². The summed E-state index contributed by atoms with van der Waals surface area (Å²) < 4.78 is 0. The molecule has 0 aliphatic heterocycles. The summed E-state index contributed by atoms with van der Waals surface area (Å²) in [5, 5.41) is 3.49. The highest BCUT2D eigenvalue weighted by molar-refractivity contribution is 8.13. The molecule has 0 saturated heterocycles. The third-order valence-electron chi connectivity index (χ3n) is 2.58. The van der Waals surface area contributed by atoms with Gasteiger partial charge in [0, 0.05) is 20.6 Å². The molecule has 0 heterocycles. The van der Waals surface area contributed by atoms with Gasteiger partial charge in [0.2, 0.25) is 0 Å². The average molecular weight is 273 g/mol. The highest BCUT2D eigenvalue weighted by Gasteiger charge is 2.05. The molecule has 0 fully saturated rings. The largest absolute Gasteiger partial charge is 0.331 e. The number of hydrogen-bond acceptors (Lipinski definition) is 3. The van der Waals surface area contributed by atoms with Crippen molar-refractivity contribution in [3.63, 3.8) is 0 Å². The van der Waals surface area contributed by atoms with Gasteiger partial charge in [0.1, 0.15) is 0 Å². The van der Waals surface area contributed by atoms with Crippen molar-refractivity contribution in [2.75, 3.05) is 26.9 Å². The first-order valence-electron chi connectivity index (χ1n) is 6.68. The van der Waals surface area contributed by atoms with Gasteiger partial charge in [0.25, 0.3) is 0 Å². The van der Waals surface area contributed by atoms with E-state index in [1.807, 2.05) is 6.26 Å². The van der Waals surface area contributed by atoms with Gasteiger partial charge in [-0.25, -0.2) is 4.79 Å². The Hall–Kier alpha value is -0.710. The molecule has 5 heteroatoms. The third-order valence-corrected chi connectivity index (χ3v) is 3.20. The summed E-state index contributed by atoms with van der Waals surface area (Å²) in [6.45, 7) is 3.03. The van der Waals surface area contributed by atoms with Crippen molar-refractivity contribution in [1.82, 2.24) is 10.2 Å². The Labute approximate surface area is 116 Å². The normalized spacial score (nSPS) is 11.4. The predicted molar refractivity (Wildman–Crippen MR) is 81.4 cm³/mol. The van der Waals surface area contributed by atoms with Crippen LogP contribution in [0.25, 0.3) is 0 Å². The molecular formula is C13H27N3OS. The first-order valence-corrected chi connectivity index (χ1v) is 7.91. The van der Waals surface area contributed by atoms with Crippen LogP contribution in [-0.2, 0) is 0 Å². The second kappa shape index (κ2) is 11.4. The summed E-state index contributed by atoms with van der Waals surface area (Å²) >= 11 is 1.48. The lowest BCUT2D eigenvalue weighted by molar-refractivity contribution is 0.222. The summed E-state index contributed by atoms with van der Waals surface area (Å²) in [7, 11) is 3.45. The molecule has 0 aromatic heterocycles. The molecule has 0 aromatic carbocycles. The number of carbonyl (C=O) groups is 1. The zero-order chi connectivity index (χ0) is 13.8. The topological polar surface area (TPSA) is 44.7 Å². The molecule has 0 unspecified atom stereocenters. The average Bonchev–Trinajstić information content (AvgIpc) is 2.35. The maximum atomic E-state index is 11.4. The van der Waals surface area contributed by atoms with Crippen molar-refractivity contribution in [3.05, 3.63) is 0 Å². The van der Waals surface area contributed by atoms with Crippen LogP contribution in [-0.4, -0.2) is 43.0 Å². The van der Waals surface area contributed by atoms with Crippen molar-refractivity contribution in [1.29, 1.82) is 0 Å². The number of amidine groups is 1. The van der Waals surface area contributed by atoms with Crippen molar-refractivity contribution < 1.29 is 4.79 Å². The molecule has 1 N–H and O–H groups in total. The van der Waals surface area contributed by atoms with Gasteiger partial charge in [-0.1, -0.05) is 50.8 Å². The van der Waals surface area contributed by atoms with E-state index < -0.39 is 0 Å². The Morgan fingerprint density at radius 3 is 2.33 bits per heavy atom. The summed E-state index contributed by atoms with van der Waals surface area (Å²) in [5.74, 6) is 0. The number of nitrogens with one attached hydrogen (secondary N) is 1. The maximum absolute atomic E-state index is 11.4. The Kier molecular flexibility index (Phi) is 10.9. The predicted octanol–water partition coefficient (Wildman–Crippen LogP) is 3.34. The Morgan fingerprint density at radius 1 is 1.17 bits per heavy atom. The van der Waals surface area contributed by atoms with Crippen LogP contribution >= 0.6 is 11.8 Å². The van der Waals surface area contributed by atoms with E-state index in [1.54, 1.807) is 14.1 Å². The monoisotopic (exact) mass is 273 g/mol. The summed E-state index contributed by atoms with van der Waals surface area (Å²) in [5.41, 5.74) is 0. The Morgan fingerprint density at radius 2 is 1.78 bits per heavy atom. The lowest BCUT2D eigenvalue weighted by Crippen LogP contribution is -2.37. The lowest BCUT2D eigenvalue weighted by Gasteiger charge is -2.12. The molecule has 0 saturated carbocycles. The van der Waals surface area contributed by atoms with Crippen LogP contribution in [0.3, 0.4) is 0 Å². The van der Waals surface area contributed by atoms with Gasteiger partial charge in [-0.3, -0.25) is 10.3 Å². The molecule has 0 radical (unpaired) electrons. The number of carbonyl (C=O) groups excluding carboxylic acids is 1. The molecule has 4 nitrogen and oxygen atoms in total. The Bertz CT molecular complexity index is 255. The molecule has 106 valence electrons. The summed E-state index contributed by atoms with van der Waals surface area (Å²) in [6.07, 6.45) is 9.49. The van der Waals surface area contributed by atoms with Crippen LogP contribution in [0.2, 0.25) is 0 Å². The number of amides is 2. The molecule has 18 heavy (non-hydrogen) atoms. The minimum absolute atomic E-state index is 0.119. The number of unbranched alkanes of at least 4 members (excludes halogenated alkanes) is 5. The van der Waals surface area contributed by atoms with Crippen molar-refractivity contribution >= 4 is 23.0 Å². The van der Waals surface area contributed by atoms with Crippen LogP contribution < -0.4 is 5.32 Å². The Balaban J connectivity index is 3.74. The van der Waals surface area contributed by atoms with E-state index in [1.165, 1.54) is 48.8 Å². The highest BCUT2D eigenvalue weighted by atomic mass is 32.2. The fourth-order valence-corrected chi connectivity index (χ4v) is 1.84. The van der Waals surface area contributed by atoms with E-state index in [0.717, 1.165) is 13.0 Å². The van der Waals surface area contributed by atoms with Crippen LogP contribution in [0.5, 0.6) is 0 Å². The molecule has 0 bridgehead atoms. The number of thioether (sulfide) groups is 1. The maximum Gasteiger partial charge on any atom is 0.322 e. The number of hydrogen-bond donors (Lipinski definition) is 1. The minimum Gasteiger partial charge on any atom is -0.331 e. The highest BCUT2D eigenvalue weighted by Crippen LogP contribution is 2.05. The van der Waals surface area contributed by atoms with E-state index in [-0.39, 0.29) is 6.03 Å². The third kappa shape index (κ3) is 9.33. The van der Waals surface area contributed by atoms with Crippen LogP contribution in [0, 0.1) is 0 Å². The second-order valence-electron chi connectivity index (χ2n) is 4.48. The van der Waals surface area contributed by atoms with Crippen molar-refractivity contribution in [3.8, 4) is 0 Å². The smallest absolute Gasteiger partial charge is 0.322 e. The zero-order valence-electron chi connectivity index (χ0n) is 12.2. The van der Waals surface area contributed by atoms with Crippen molar-refractivity contribution in [2.24, 2.45) is 4.99 Å². The second-order valence-corrected chi connectivity index (χ2v) is 5.28. The quantitative estimate of drug-likeness (QED) is 0.439. The standard InChI is InChI=1S/C13H27N3OS/c1-5-6-7-8-9-10-11-14-12(18-4)15-13(17)16(2)3/h5-11H2,1-4H3,(H,14,15,17). The van der Waals surface area contributed by atoms with E-state index in [9.17, 15) is 4.79 Å².